The number of carbonyl (C=O) groups excluding carboxylic acids is 1. The van der Waals surface area contributed by atoms with Crippen molar-refractivity contribution in [1.82, 2.24) is 9.88 Å². The Bertz CT molecular complexity index is 718. The number of pyridine rings is 1. The van der Waals surface area contributed by atoms with Crippen LogP contribution in [0.2, 0.25) is 0 Å². The van der Waals surface area contributed by atoms with Gasteiger partial charge in [0.15, 0.2) is 0 Å². The van der Waals surface area contributed by atoms with Gasteiger partial charge in [-0.1, -0.05) is 48.0 Å². The molecule has 2 atom stereocenters. The fourth-order valence-electron chi connectivity index (χ4n) is 3.53. The number of hydrogen-bond acceptors (Lipinski definition) is 4. The van der Waals surface area contributed by atoms with Crippen molar-refractivity contribution in [3.8, 4) is 12.8 Å². The number of nitrogens with two attached hydrogens (primary N) is 1. The minimum Gasteiger partial charge on any atom is -0.381 e. The first kappa shape index (κ1) is 36.0. The van der Waals surface area contributed by atoms with Crippen LogP contribution in [0, 0.1) is 24.7 Å². The second-order valence-corrected chi connectivity index (χ2v) is 8.70. The third kappa shape index (κ3) is 14.4. The highest BCUT2D eigenvalue weighted by Gasteiger charge is 2.33. The van der Waals surface area contributed by atoms with Gasteiger partial charge in [0.05, 0.1) is 5.56 Å². The summed E-state index contributed by atoms with van der Waals surface area (Å²) in [5.41, 5.74) is 5.80. The van der Waals surface area contributed by atoms with Crippen molar-refractivity contribution in [1.29, 1.82) is 0 Å². The monoisotopic (exact) mass is 515 g/mol. The summed E-state index contributed by atoms with van der Waals surface area (Å²) in [6.07, 6.45) is 10.3. The molecule has 0 spiro atoms. The lowest BCUT2D eigenvalue weighted by atomic mass is 9.99. The molecule has 1 aromatic rings. The molecule has 1 amide bonds. The number of fused-ring (bicyclic) bond motifs is 1. The highest BCUT2D eigenvalue weighted by atomic mass is 19.4. The topological polar surface area (TPSA) is 68.5 Å². The van der Waals surface area contributed by atoms with Gasteiger partial charge in [0.1, 0.15) is 0 Å². The van der Waals surface area contributed by atoms with Crippen LogP contribution in [0.4, 0.5) is 13.2 Å². The van der Waals surface area contributed by atoms with Crippen LogP contribution in [-0.4, -0.2) is 42.1 Å². The normalized spacial score (nSPS) is 17.1. The third-order valence-electron chi connectivity index (χ3n) is 5.33. The SMILES string of the molecule is C#C.CC.CCC.C[C@@H]1CCCOC1.C[C@H](CCCN)C(=O)N1CCc2ncc(C(F)(F)F)cc2C1. The van der Waals surface area contributed by atoms with Crippen LogP contribution >= 0.6 is 0 Å². The molecule has 0 bridgehead atoms. The van der Waals surface area contributed by atoms with Gasteiger partial charge < -0.3 is 15.4 Å². The van der Waals surface area contributed by atoms with E-state index in [1.807, 2.05) is 20.8 Å². The van der Waals surface area contributed by atoms with E-state index in [4.69, 9.17) is 10.5 Å². The molecule has 0 aliphatic carbocycles. The minimum absolute atomic E-state index is 0.0310. The number of terminal acetylenes is 1. The lowest BCUT2D eigenvalue weighted by molar-refractivity contribution is -0.137. The quantitative estimate of drug-likeness (QED) is 0.466. The fraction of sp³-hybridized carbons (Fsp3) is 0.714. The molecule has 2 N–H and O–H groups in total. The molecule has 3 heterocycles. The molecule has 208 valence electrons. The predicted octanol–water partition coefficient (Wildman–Crippen LogP) is 6.48. The van der Waals surface area contributed by atoms with Crippen LogP contribution in [0.25, 0.3) is 0 Å². The van der Waals surface area contributed by atoms with Gasteiger partial charge in [-0.3, -0.25) is 9.78 Å². The van der Waals surface area contributed by atoms with Crippen molar-refractivity contribution in [3.63, 3.8) is 0 Å². The summed E-state index contributed by atoms with van der Waals surface area (Å²) in [7, 11) is 0. The van der Waals surface area contributed by atoms with Crippen molar-refractivity contribution in [2.75, 3.05) is 26.3 Å². The number of ether oxygens (including phenoxy) is 1. The standard InChI is InChI=1S/C15H20F3N3O.C6H12O.C3H8.C2H6.C2H2/c1-10(3-2-5-19)14(22)21-6-4-13-11(9-21)7-12(8-20-13)15(16,17)18;1-6-3-2-4-7-5-6;1-3-2;2*1-2/h7-8,10H,2-6,9,19H2,1H3;6H,2-5H2,1H3;3H2,1-2H3;1-2H3;1-2H/t10-;6-;;;/m11.../s1. The van der Waals surface area contributed by atoms with Gasteiger partial charge in [-0.15, -0.1) is 12.8 Å². The van der Waals surface area contributed by atoms with Gasteiger partial charge in [-0.25, -0.2) is 0 Å². The van der Waals surface area contributed by atoms with E-state index in [9.17, 15) is 18.0 Å². The summed E-state index contributed by atoms with van der Waals surface area (Å²) in [5.74, 6) is 0.620. The van der Waals surface area contributed by atoms with Gasteiger partial charge >= 0.3 is 6.18 Å². The highest BCUT2D eigenvalue weighted by Crippen LogP contribution is 2.31. The molecule has 1 fully saturated rings. The first-order valence-electron chi connectivity index (χ1n) is 13.1. The van der Waals surface area contributed by atoms with Gasteiger partial charge in [0, 0.05) is 50.5 Å². The largest absolute Gasteiger partial charge is 0.417 e. The van der Waals surface area contributed by atoms with E-state index < -0.39 is 11.7 Å². The molecule has 1 saturated heterocycles. The molecule has 3 rings (SSSR count). The van der Waals surface area contributed by atoms with E-state index in [1.54, 1.807) is 4.90 Å². The number of rotatable bonds is 4. The minimum atomic E-state index is -4.41. The summed E-state index contributed by atoms with van der Waals surface area (Å²) < 4.78 is 43.4. The third-order valence-corrected chi connectivity index (χ3v) is 5.33. The summed E-state index contributed by atoms with van der Waals surface area (Å²) in [4.78, 5) is 17.9. The van der Waals surface area contributed by atoms with Gasteiger partial charge in [-0.2, -0.15) is 13.2 Å². The van der Waals surface area contributed by atoms with Crippen LogP contribution in [0.15, 0.2) is 12.3 Å². The molecule has 2 aliphatic rings. The zero-order valence-electron chi connectivity index (χ0n) is 23.2. The maximum atomic E-state index is 12.7. The lowest BCUT2D eigenvalue weighted by Crippen LogP contribution is -2.39. The fourth-order valence-corrected chi connectivity index (χ4v) is 3.53. The Morgan fingerprint density at radius 3 is 2.36 bits per heavy atom. The number of halogens is 3. The molecule has 8 heteroatoms. The zero-order chi connectivity index (χ0) is 28.1. The van der Waals surface area contributed by atoms with E-state index in [0.717, 1.165) is 37.8 Å². The van der Waals surface area contributed by atoms with Gasteiger partial charge in [-0.05, 0) is 49.8 Å². The van der Waals surface area contributed by atoms with E-state index in [1.165, 1.54) is 19.3 Å². The van der Waals surface area contributed by atoms with Crippen LogP contribution in [-0.2, 0) is 28.7 Å². The first-order valence-corrected chi connectivity index (χ1v) is 13.1. The predicted molar refractivity (Wildman–Crippen MR) is 142 cm³/mol. The zero-order valence-corrected chi connectivity index (χ0v) is 23.2. The second kappa shape index (κ2) is 21.0. The molecule has 1 aromatic heterocycles. The molecule has 0 aromatic carbocycles. The van der Waals surface area contributed by atoms with Crippen LogP contribution in [0.1, 0.15) is 90.5 Å². The molecule has 2 aliphatic heterocycles. The molecule has 0 radical (unpaired) electrons. The number of amides is 1. The lowest BCUT2D eigenvalue weighted by Gasteiger charge is -2.30. The Balaban J connectivity index is 0. The molecular weight excluding hydrogens is 467 g/mol. The summed E-state index contributed by atoms with van der Waals surface area (Å²) in [6, 6.07) is 1.10. The maximum absolute atomic E-state index is 12.7. The number of aromatic nitrogens is 1. The molecule has 0 saturated carbocycles. The average molecular weight is 516 g/mol. The summed E-state index contributed by atoms with van der Waals surface area (Å²) in [6.45, 7) is 15.5. The molecular formula is C28H48F3N3O2. The van der Waals surface area contributed by atoms with E-state index in [-0.39, 0.29) is 18.4 Å². The summed E-state index contributed by atoms with van der Waals surface area (Å²) >= 11 is 0. The van der Waals surface area contributed by atoms with E-state index >= 15 is 0 Å². The van der Waals surface area contributed by atoms with Crippen molar-refractivity contribution >= 4 is 5.91 Å². The van der Waals surface area contributed by atoms with E-state index in [0.29, 0.717) is 37.2 Å². The number of nitrogens with zero attached hydrogens (tertiary/aromatic N) is 2. The first-order chi connectivity index (χ1) is 17.1. The average Bonchev–Trinajstić information content (AvgIpc) is 2.89. The highest BCUT2D eigenvalue weighted by molar-refractivity contribution is 5.78. The Hall–Kier alpha value is -2.11. The Kier molecular flexibility index (Phi) is 21.0. The van der Waals surface area contributed by atoms with Crippen molar-refractivity contribution < 1.29 is 22.7 Å². The molecule has 36 heavy (non-hydrogen) atoms. The van der Waals surface area contributed by atoms with E-state index in [2.05, 4.69) is 38.6 Å². The Morgan fingerprint density at radius 2 is 1.92 bits per heavy atom. The van der Waals surface area contributed by atoms with Crippen molar-refractivity contribution in [3.05, 3.63) is 29.1 Å². The second-order valence-electron chi connectivity index (χ2n) is 8.70. The van der Waals surface area contributed by atoms with Crippen molar-refractivity contribution in [2.24, 2.45) is 17.6 Å². The maximum Gasteiger partial charge on any atom is 0.417 e. The van der Waals surface area contributed by atoms with Gasteiger partial charge in [0.2, 0.25) is 5.91 Å². The molecule has 5 nitrogen and oxygen atoms in total. The van der Waals surface area contributed by atoms with Crippen molar-refractivity contribution in [2.45, 2.75) is 92.8 Å². The number of carbonyl (C=O) groups is 1. The number of hydrogen-bond donors (Lipinski definition) is 1. The number of alkyl halides is 3. The molecule has 0 unspecified atom stereocenters. The van der Waals surface area contributed by atoms with Crippen LogP contribution in [0.5, 0.6) is 0 Å². The van der Waals surface area contributed by atoms with Gasteiger partial charge in [0.25, 0.3) is 0 Å². The smallest absolute Gasteiger partial charge is 0.381 e. The Morgan fingerprint density at radius 1 is 1.31 bits per heavy atom. The van der Waals surface area contributed by atoms with Crippen LogP contribution < -0.4 is 5.73 Å². The summed E-state index contributed by atoms with van der Waals surface area (Å²) in [5, 5.41) is 0. The Labute approximate surface area is 217 Å². The van der Waals surface area contributed by atoms with Crippen LogP contribution in [0.3, 0.4) is 0 Å².